The van der Waals surface area contributed by atoms with Crippen LogP contribution in [0.5, 0.6) is 0 Å². The molecule has 1 saturated heterocycles. The van der Waals surface area contributed by atoms with Crippen molar-refractivity contribution in [1.29, 1.82) is 0 Å². The largest absolute Gasteiger partial charge is 0.396 e. The van der Waals surface area contributed by atoms with Gasteiger partial charge < -0.3 is 14.6 Å². The highest BCUT2D eigenvalue weighted by atomic mass is 16.3. The molecule has 2 aliphatic rings. The lowest BCUT2D eigenvalue weighted by Crippen LogP contribution is -2.32. The van der Waals surface area contributed by atoms with E-state index in [0.29, 0.717) is 5.92 Å². The first-order chi connectivity index (χ1) is 9.36. The fourth-order valence-electron chi connectivity index (χ4n) is 3.24. The molecule has 1 unspecified atom stereocenters. The van der Waals surface area contributed by atoms with Gasteiger partial charge in [0.05, 0.1) is 0 Å². The molecule has 5 nitrogen and oxygen atoms in total. The van der Waals surface area contributed by atoms with Crippen LogP contribution in [0.3, 0.4) is 0 Å². The number of nitrogens with zero attached hydrogens (tertiary/aromatic N) is 4. The number of aliphatic hydroxyl groups is 1. The number of hydrogen-bond acceptors (Lipinski definition) is 4. The van der Waals surface area contributed by atoms with Crippen LogP contribution < -0.4 is 0 Å². The summed E-state index contributed by atoms with van der Waals surface area (Å²) in [4.78, 5) is 2.55. The van der Waals surface area contributed by atoms with Gasteiger partial charge in [-0.05, 0) is 38.3 Å². The van der Waals surface area contributed by atoms with Gasteiger partial charge in [-0.3, -0.25) is 0 Å². The van der Waals surface area contributed by atoms with E-state index in [1.54, 1.807) is 0 Å². The van der Waals surface area contributed by atoms with Crippen molar-refractivity contribution in [3.05, 3.63) is 11.6 Å². The Bertz CT molecular complexity index is 412. The zero-order valence-corrected chi connectivity index (χ0v) is 11.6. The average molecular weight is 264 g/mol. The zero-order valence-electron chi connectivity index (χ0n) is 11.6. The van der Waals surface area contributed by atoms with Crippen molar-refractivity contribution in [2.45, 2.75) is 45.1 Å². The van der Waals surface area contributed by atoms with Gasteiger partial charge in [0.25, 0.3) is 0 Å². The number of rotatable bonds is 4. The normalized spacial score (nSPS) is 24.4. The minimum Gasteiger partial charge on any atom is -0.396 e. The summed E-state index contributed by atoms with van der Waals surface area (Å²) in [7, 11) is 0. The molecule has 0 amide bonds. The van der Waals surface area contributed by atoms with E-state index in [0.717, 1.165) is 44.0 Å². The molecule has 3 heterocycles. The molecule has 0 spiro atoms. The number of likely N-dealkylation sites (tertiary alicyclic amines) is 1. The Morgan fingerprint density at radius 1 is 1.11 bits per heavy atom. The molecule has 0 radical (unpaired) electrons. The number of piperidine rings is 1. The van der Waals surface area contributed by atoms with Crippen LogP contribution in [0.1, 0.15) is 37.3 Å². The molecule has 2 aliphatic heterocycles. The van der Waals surface area contributed by atoms with Gasteiger partial charge in [0, 0.05) is 32.5 Å². The van der Waals surface area contributed by atoms with Crippen LogP contribution >= 0.6 is 0 Å². The molecule has 106 valence electrons. The summed E-state index contributed by atoms with van der Waals surface area (Å²) in [5, 5.41) is 17.9. The lowest BCUT2D eigenvalue weighted by atomic mass is 9.99. The van der Waals surface area contributed by atoms with Crippen molar-refractivity contribution in [1.82, 2.24) is 19.7 Å². The van der Waals surface area contributed by atoms with Crippen LogP contribution in [0.4, 0.5) is 0 Å². The maximum absolute atomic E-state index is 9.23. The minimum absolute atomic E-state index is 0.274. The Labute approximate surface area is 114 Å². The van der Waals surface area contributed by atoms with E-state index in [2.05, 4.69) is 19.7 Å². The van der Waals surface area contributed by atoms with Crippen LogP contribution in [0.25, 0.3) is 0 Å². The Morgan fingerprint density at radius 2 is 1.95 bits per heavy atom. The van der Waals surface area contributed by atoms with Gasteiger partial charge in [-0.1, -0.05) is 6.42 Å². The maximum Gasteiger partial charge on any atom is 0.134 e. The topological polar surface area (TPSA) is 54.2 Å². The van der Waals surface area contributed by atoms with Crippen LogP contribution in [-0.2, 0) is 19.4 Å². The highest BCUT2D eigenvalue weighted by Gasteiger charge is 2.22. The second kappa shape index (κ2) is 6.01. The van der Waals surface area contributed by atoms with Crippen molar-refractivity contribution in [2.24, 2.45) is 5.92 Å². The summed E-state index contributed by atoms with van der Waals surface area (Å²) in [5.41, 5.74) is 0. The van der Waals surface area contributed by atoms with E-state index < -0.39 is 0 Å². The second-order valence-corrected chi connectivity index (χ2v) is 5.88. The average Bonchev–Trinajstić information content (AvgIpc) is 2.88. The molecule has 0 aliphatic carbocycles. The number of aliphatic hydroxyl groups excluding tert-OH is 1. The monoisotopic (exact) mass is 264 g/mol. The molecule has 0 saturated carbocycles. The molecular weight excluding hydrogens is 240 g/mol. The predicted octanol–water partition coefficient (Wildman–Crippen LogP) is 0.861. The second-order valence-electron chi connectivity index (χ2n) is 5.88. The van der Waals surface area contributed by atoms with Gasteiger partial charge in [0.1, 0.15) is 11.6 Å². The Kier molecular flexibility index (Phi) is 4.13. The molecular formula is C14H24N4O. The van der Waals surface area contributed by atoms with E-state index in [9.17, 15) is 5.11 Å². The number of hydrogen-bond donors (Lipinski definition) is 1. The van der Waals surface area contributed by atoms with E-state index in [1.807, 2.05) is 0 Å². The SMILES string of the molecule is OCC1CCn2c(CCN3CCCCC3)nnc2C1. The molecule has 1 atom stereocenters. The Balaban J connectivity index is 1.58. The molecule has 19 heavy (non-hydrogen) atoms. The van der Waals surface area contributed by atoms with Gasteiger partial charge in [0.2, 0.25) is 0 Å². The third kappa shape index (κ3) is 2.98. The zero-order chi connectivity index (χ0) is 13.1. The summed E-state index contributed by atoms with van der Waals surface area (Å²) in [6.45, 7) is 4.85. The summed E-state index contributed by atoms with van der Waals surface area (Å²) >= 11 is 0. The Hall–Kier alpha value is -0.940. The third-order valence-electron chi connectivity index (χ3n) is 4.49. The minimum atomic E-state index is 0.274. The van der Waals surface area contributed by atoms with Crippen LogP contribution in [0, 0.1) is 5.92 Å². The van der Waals surface area contributed by atoms with Gasteiger partial charge in [-0.15, -0.1) is 10.2 Å². The Morgan fingerprint density at radius 3 is 2.74 bits per heavy atom. The molecule has 1 aromatic heterocycles. The number of fused-ring (bicyclic) bond motifs is 1. The van der Waals surface area contributed by atoms with Gasteiger partial charge in [0.15, 0.2) is 0 Å². The predicted molar refractivity (Wildman–Crippen MR) is 72.9 cm³/mol. The van der Waals surface area contributed by atoms with Crippen molar-refractivity contribution >= 4 is 0 Å². The quantitative estimate of drug-likeness (QED) is 0.876. The number of aromatic nitrogens is 3. The van der Waals surface area contributed by atoms with Crippen molar-refractivity contribution in [3.8, 4) is 0 Å². The first kappa shape index (κ1) is 13.1. The van der Waals surface area contributed by atoms with E-state index in [4.69, 9.17) is 0 Å². The molecule has 1 aromatic rings. The molecule has 1 fully saturated rings. The highest BCUT2D eigenvalue weighted by Crippen LogP contribution is 2.20. The summed E-state index contributed by atoms with van der Waals surface area (Å²) in [6, 6.07) is 0. The first-order valence-electron chi connectivity index (χ1n) is 7.61. The maximum atomic E-state index is 9.23. The highest BCUT2D eigenvalue weighted by molar-refractivity contribution is 5.01. The van der Waals surface area contributed by atoms with Crippen LogP contribution in [0.15, 0.2) is 0 Å². The molecule has 3 rings (SSSR count). The lowest BCUT2D eigenvalue weighted by molar-refractivity contribution is 0.197. The molecule has 5 heteroatoms. The standard InChI is InChI=1S/C14H24N4O/c19-11-12-4-9-18-13(15-16-14(18)10-12)5-8-17-6-2-1-3-7-17/h12,19H,1-11H2. The third-order valence-corrected chi connectivity index (χ3v) is 4.49. The van der Waals surface area contributed by atoms with Gasteiger partial charge in [-0.25, -0.2) is 0 Å². The fourth-order valence-corrected chi connectivity index (χ4v) is 3.24. The van der Waals surface area contributed by atoms with Crippen LogP contribution in [0.2, 0.25) is 0 Å². The van der Waals surface area contributed by atoms with E-state index >= 15 is 0 Å². The molecule has 0 bridgehead atoms. The summed E-state index contributed by atoms with van der Waals surface area (Å²) in [5.74, 6) is 2.59. The smallest absolute Gasteiger partial charge is 0.134 e. The molecule has 1 N–H and O–H groups in total. The van der Waals surface area contributed by atoms with Crippen LogP contribution in [-0.4, -0.2) is 51.0 Å². The van der Waals surface area contributed by atoms with E-state index in [1.165, 1.54) is 32.4 Å². The van der Waals surface area contributed by atoms with Crippen molar-refractivity contribution in [3.63, 3.8) is 0 Å². The fraction of sp³-hybridized carbons (Fsp3) is 0.857. The summed E-state index contributed by atoms with van der Waals surface area (Å²) < 4.78 is 2.27. The van der Waals surface area contributed by atoms with Crippen molar-refractivity contribution < 1.29 is 5.11 Å². The van der Waals surface area contributed by atoms with E-state index in [-0.39, 0.29) is 6.61 Å². The lowest BCUT2D eigenvalue weighted by Gasteiger charge is -2.26. The first-order valence-corrected chi connectivity index (χ1v) is 7.61. The van der Waals surface area contributed by atoms with Gasteiger partial charge in [-0.2, -0.15) is 0 Å². The summed E-state index contributed by atoms with van der Waals surface area (Å²) in [6.07, 6.45) is 7.02. The van der Waals surface area contributed by atoms with Crippen molar-refractivity contribution in [2.75, 3.05) is 26.2 Å². The molecule has 0 aromatic carbocycles. The van der Waals surface area contributed by atoms with Gasteiger partial charge >= 0.3 is 0 Å².